The number of methoxy groups -OCH3 is 2. The number of aromatic hydroxyl groups is 1. The number of benzene rings is 2. The maximum Gasteiger partial charge on any atom is 0.271 e. The number of anilines is 1. The summed E-state index contributed by atoms with van der Waals surface area (Å²) in [5, 5.41) is 21.9. The molecule has 0 bridgehead atoms. The average molecular weight is 571 g/mol. The van der Waals surface area contributed by atoms with Crippen molar-refractivity contribution in [3.63, 3.8) is 0 Å². The van der Waals surface area contributed by atoms with Gasteiger partial charge in [-0.25, -0.2) is 4.90 Å². The fourth-order valence-electron chi connectivity index (χ4n) is 6.82. The molecule has 2 aromatic rings. The Kier molecular flexibility index (Phi) is 6.32. The van der Waals surface area contributed by atoms with Crippen molar-refractivity contribution < 1.29 is 38.7 Å². The molecule has 42 heavy (non-hydrogen) atoms. The van der Waals surface area contributed by atoms with Crippen LogP contribution in [0.1, 0.15) is 31.2 Å². The number of ketones is 2. The molecule has 4 unspecified atom stereocenters. The molecule has 3 aliphatic carbocycles. The normalized spacial score (nSPS) is 25.0. The Hall–Kier alpha value is -5.06. The fraction of sp³-hybridized carbons (Fsp3) is 0.290. The van der Waals surface area contributed by atoms with E-state index in [0.29, 0.717) is 16.7 Å². The summed E-state index contributed by atoms with van der Waals surface area (Å²) in [5.41, 5.74) is 1.95. The highest BCUT2D eigenvalue weighted by Gasteiger charge is 2.56. The van der Waals surface area contributed by atoms with Gasteiger partial charge in [-0.15, -0.1) is 0 Å². The summed E-state index contributed by atoms with van der Waals surface area (Å²) in [7, 11) is 2.76. The summed E-state index contributed by atoms with van der Waals surface area (Å²) in [4.78, 5) is 66.3. The first kappa shape index (κ1) is 27.1. The van der Waals surface area contributed by atoms with Gasteiger partial charge in [0, 0.05) is 34.8 Å². The van der Waals surface area contributed by atoms with Crippen LogP contribution in [0, 0.1) is 27.9 Å². The molecule has 1 fully saturated rings. The van der Waals surface area contributed by atoms with Gasteiger partial charge >= 0.3 is 0 Å². The van der Waals surface area contributed by atoms with Crippen LogP contribution < -0.4 is 14.4 Å². The van der Waals surface area contributed by atoms with Crippen LogP contribution in [0.4, 0.5) is 11.4 Å². The second-order valence-electron chi connectivity index (χ2n) is 10.8. The van der Waals surface area contributed by atoms with Gasteiger partial charge < -0.3 is 14.6 Å². The zero-order chi connectivity index (χ0) is 30.0. The zero-order valence-corrected chi connectivity index (χ0v) is 23.0. The lowest BCUT2D eigenvalue weighted by molar-refractivity contribution is -0.384. The highest BCUT2D eigenvalue weighted by Crippen LogP contribution is 2.56. The van der Waals surface area contributed by atoms with Gasteiger partial charge in [0.15, 0.2) is 23.1 Å². The first-order valence-corrected chi connectivity index (χ1v) is 13.3. The quantitative estimate of drug-likeness (QED) is 0.185. The second-order valence-corrected chi connectivity index (χ2v) is 10.8. The standard InChI is InChI=1S/C31H26N2O9/c1-14-9-22(34)21-13-20-18(25(27(21)28(14)35)15-10-23(41-2)29(36)24(11-15)42-3)7-8-19-26(20)31(38)32(30(19)37)16-5-4-6-17(12-16)33(39)40/h4-7,9-12,19-20,25-26,36H,8,13H2,1-3H3. The number of ether oxygens (including phenoxy) is 2. The topological polar surface area (TPSA) is 153 Å². The monoisotopic (exact) mass is 570 g/mol. The van der Waals surface area contributed by atoms with Crippen molar-refractivity contribution in [2.24, 2.45) is 17.8 Å². The largest absolute Gasteiger partial charge is 0.502 e. The molecule has 214 valence electrons. The Labute approximate surface area is 239 Å². The van der Waals surface area contributed by atoms with E-state index in [0.717, 1.165) is 4.90 Å². The van der Waals surface area contributed by atoms with Crippen LogP contribution in [-0.2, 0) is 19.2 Å². The molecule has 4 aliphatic rings. The van der Waals surface area contributed by atoms with E-state index in [1.165, 1.54) is 44.6 Å². The number of nitro groups is 1. The molecule has 2 amide bonds. The number of allylic oxidation sites excluding steroid dienone is 6. The van der Waals surface area contributed by atoms with Crippen LogP contribution in [0.15, 0.2) is 70.8 Å². The number of amides is 2. The lowest BCUT2D eigenvalue weighted by Crippen LogP contribution is -2.39. The van der Waals surface area contributed by atoms with Crippen molar-refractivity contribution in [1.29, 1.82) is 0 Å². The molecule has 0 saturated carbocycles. The van der Waals surface area contributed by atoms with E-state index in [1.54, 1.807) is 19.1 Å². The van der Waals surface area contributed by atoms with E-state index in [1.807, 2.05) is 6.08 Å². The molecule has 11 nitrogen and oxygen atoms in total. The van der Waals surface area contributed by atoms with Crippen molar-refractivity contribution in [3.8, 4) is 17.2 Å². The number of hydrogen-bond donors (Lipinski definition) is 1. The number of phenolic OH excluding ortho intramolecular Hbond substituents is 1. The lowest BCUT2D eigenvalue weighted by atomic mass is 9.59. The van der Waals surface area contributed by atoms with E-state index < -0.39 is 40.4 Å². The number of nitrogens with zero attached hydrogens (tertiary/aromatic N) is 2. The van der Waals surface area contributed by atoms with Crippen molar-refractivity contribution in [2.45, 2.75) is 25.7 Å². The van der Waals surface area contributed by atoms with Gasteiger partial charge in [0.05, 0.1) is 36.7 Å². The van der Waals surface area contributed by atoms with E-state index >= 15 is 0 Å². The van der Waals surface area contributed by atoms with Gasteiger partial charge in [-0.3, -0.25) is 29.3 Å². The average Bonchev–Trinajstić information content (AvgIpc) is 3.24. The number of non-ortho nitro benzene ring substituents is 1. The molecule has 1 heterocycles. The third-order valence-corrected chi connectivity index (χ3v) is 8.70. The highest BCUT2D eigenvalue weighted by atomic mass is 16.6. The molecular formula is C31H26N2O9. The smallest absolute Gasteiger partial charge is 0.271 e. The third kappa shape index (κ3) is 3.87. The van der Waals surface area contributed by atoms with Gasteiger partial charge in [0.2, 0.25) is 17.6 Å². The maximum absolute atomic E-state index is 14.0. The minimum absolute atomic E-state index is 0.0847. The summed E-state index contributed by atoms with van der Waals surface area (Å²) in [6, 6.07) is 8.51. The highest BCUT2D eigenvalue weighted by molar-refractivity contribution is 6.25. The molecule has 6 rings (SSSR count). The number of carbonyl (C=O) groups excluding carboxylic acids is 4. The minimum Gasteiger partial charge on any atom is -0.502 e. The Morgan fingerprint density at radius 2 is 1.69 bits per heavy atom. The number of rotatable bonds is 5. The molecule has 1 saturated heterocycles. The summed E-state index contributed by atoms with van der Waals surface area (Å²) in [6.07, 6.45) is 3.44. The molecule has 1 aliphatic heterocycles. The van der Waals surface area contributed by atoms with Crippen molar-refractivity contribution >= 4 is 34.8 Å². The molecule has 0 radical (unpaired) electrons. The predicted octanol–water partition coefficient (Wildman–Crippen LogP) is 3.95. The molecule has 4 atom stereocenters. The van der Waals surface area contributed by atoms with E-state index in [2.05, 4.69) is 0 Å². The molecular weight excluding hydrogens is 544 g/mol. The second kappa shape index (κ2) is 9.79. The van der Waals surface area contributed by atoms with Crippen LogP contribution in [0.2, 0.25) is 0 Å². The minimum atomic E-state index is -0.843. The van der Waals surface area contributed by atoms with E-state index in [-0.39, 0.29) is 64.2 Å². The van der Waals surface area contributed by atoms with E-state index in [4.69, 9.17) is 9.47 Å². The lowest BCUT2D eigenvalue weighted by Gasteiger charge is -2.42. The van der Waals surface area contributed by atoms with Crippen LogP contribution in [0.25, 0.3) is 0 Å². The van der Waals surface area contributed by atoms with Gasteiger partial charge in [-0.05, 0) is 55.5 Å². The molecule has 1 N–H and O–H groups in total. The van der Waals surface area contributed by atoms with Crippen molar-refractivity contribution in [2.75, 3.05) is 19.1 Å². The Morgan fingerprint density at radius 1 is 1.00 bits per heavy atom. The van der Waals surface area contributed by atoms with Crippen LogP contribution in [0.3, 0.4) is 0 Å². The first-order valence-electron chi connectivity index (χ1n) is 13.3. The Morgan fingerprint density at radius 3 is 2.33 bits per heavy atom. The molecule has 2 aromatic carbocycles. The number of fused-ring (bicyclic) bond motifs is 3. The van der Waals surface area contributed by atoms with Gasteiger partial charge in [0.1, 0.15) is 0 Å². The number of hydrogen-bond acceptors (Lipinski definition) is 9. The summed E-state index contributed by atoms with van der Waals surface area (Å²) < 4.78 is 10.7. The molecule has 0 aromatic heterocycles. The number of nitro benzene ring substituents is 1. The van der Waals surface area contributed by atoms with Crippen molar-refractivity contribution in [1.82, 2.24) is 0 Å². The fourth-order valence-corrected chi connectivity index (χ4v) is 6.82. The van der Waals surface area contributed by atoms with Gasteiger partial charge in [-0.1, -0.05) is 17.7 Å². The molecule has 11 heteroatoms. The Bertz CT molecular complexity index is 1690. The zero-order valence-electron chi connectivity index (χ0n) is 23.0. The first-order chi connectivity index (χ1) is 20.1. The van der Waals surface area contributed by atoms with Gasteiger partial charge in [-0.2, -0.15) is 0 Å². The van der Waals surface area contributed by atoms with Gasteiger partial charge in [0.25, 0.3) is 5.69 Å². The van der Waals surface area contributed by atoms with Crippen LogP contribution in [-0.4, -0.2) is 47.6 Å². The number of Topliss-reactive ketones (excluding diaryl/α,β-unsaturated/α-hetero) is 1. The number of carbonyl (C=O) groups is 4. The predicted molar refractivity (Wildman–Crippen MR) is 148 cm³/mol. The van der Waals surface area contributed by atoms with Crippen molar-refractivity contribution in [3.05, 3.63) is 86.5 Å². The SMILES string of the molecule is COc1cc(C2C3=CCC4C(=O)N(c5cccc([N+](=O)[O-])c5)C(=O)C4C3CC3=C2C(=O)C(C)=CC3=O)cc(OC)c1O. The summed E-state index contributed by atoms with van der Waals surface area (Å²) >= 11 is 0. The summed E-state index contributed by atoms with van der Waals surface area (Å²) in [5.74, 6) is -4.56. The maximum atomic E-state index is 14.0. The van der Waals surface area contributed by atoms with Crippen LogP contribution in [0.5, 0.6) is 17.2 Å². The Balaban J connectivity index is 1.50. The summed E-state index contributed by atoms with van der Waals surface area (Å²) in [6.45, 7) is 1.58. The molecule has 0 spiro atoms. The van der Waals surface area contributed by atoms with Crippen LogP contribution >= 0.6 is 0 Å². The van der Waals surface area contributed by atoms with E-state index in [9.17, 15) is 34.4 Å². The number of phenols is 1. The number of imide groups is 1. The third-order valence-electron chi connectivity index (χ3n) is 8.70.